The van der Waals surface area contributed by atoms with E-state index >= 15 is 0 Å². The van der Waals surface area contributed by atoms with E-state index in [1.54, 1.807) is 0 Å². The monoisotopic (exact) mass is 491 g/mol. The molecule has 2 aromatic heterocycles. The lowest BCUT2D eigenvalue weighted by Gasteiger charge is -2.12. The number of pyridine rings is 1. The zero-order chi connectivity index (χ0) is 19.0. The number of hydrogen-bond donors (Lipinski definition) is 2. The van der Waals surface area contributed by atoms with E-state index in [0.29, 0.717) is 10.6 Å². The van der Waals surface area contributed by atoms with E-state index in [-0.39, 0.29) is 5.91 Å². The Labute approximate surface area is 176 Å². The van der Waals surface area contributed by atoms with Gasteiger partial charge in [0.1, 0.15) is 9.71 Å². The maximum atomic E-state index is 12.9. The van der Waals surface area contributed by atoms with Crippen LogP contribution in [0.1, 0.15) is 52.2 Å². The van der Waals surface area contributed by atoms with Gasteiger partial charge in [-0.25, -0.2) is 4.98 Å². The van der Waals surface area contributed by atoms with E-state index in [2.05, 4.69) is 34.0 Å². The number of aryl methyl sites for hydroxylation is 3. The Morgan fingerprint density at radius 2 is 1.96 bits per heavy atom. The normalized spacial score (nSPS) is 14.4. The van der Waals surface area contributed by atoms with Gasteiger partial charge >= 0.3 is 0 Å². The molecule has 3 aromatic rings. The van der Waals surface area contributed by atoms with Crippen LogP contribution in [0.5, 0.6) is 0 Å². The van der Waals surface area contributed by atoms with Crippen LogP contribution >= 0.6 is 33.9 Å². The van der Waals surface area contributed by atoms with Crippen LogP contribution in [-0.4, -0.2) is 10.9 Å². The van der Waals surface area contributed by atoms with Crippen molar-refractivity contribution in [3.8, 4) is 0 Å². The van der Waals surface area contributed by atoms with Crippen molar-refractivity contribution in [2.45, 2.75) is 45.4 Å². The molecule has 0 radical (unpaired) electrons. The largest absolute Gasteiger partial charge is 0.397 e. The smallest absolute Gasteiger partial charge is 0.267 e. The van der Waals surface area contributed by atoms with E-state index in [9.17, 15) is 4.79 Å². The Morgan fingerprint density at radius 1 is 1.19 bits per heavy atom. The predicted octanol–water partition coefficient (Wildman–Crippen LogP) is 5.70. The van der Waals surface area contributed by atoms with E-state index in [0.717, 1.165) is 37.9 Å². The number of hydrogen-bond acceptors (Lipinski definition) is 4. The molecular formula is C21H22IN3OS. The average molecular weight is 491 g/mol. The highest BCUT2D eigenvalue weighted by Crippen LogP contribution is 2.35. The topological polar surface area (TPSA) is 68.0 Å². The van der Waals surface area contributed by atoms with Crippen molar-refractivity contribution in [1.82, 2.24) is 4.98 Å². The fraction of sp³-hybridized carbons (Fsp3) is 0.333. The highest BCUT2D eigenvalue weighted by Gasteiger charge is 2.20. The summed E-state index contributed by atoms with van der Waals surface area (Å²) in [7, 11) is 0. The van der Waals surface area contributed by atoms with Crippen molar-refractivity contribution in [3.05, 3.63) is 49.5 Å². The van der Waals surface area contributed by atoms with Gasteiger partial charge in [0.25, 0.3) is 5.91 Å². The third-order valence-corrected chi connectivity index (χ3v) is 6.93. The summed E-state index contributed by atoms with van der Waals surface area (Å²) in [4.78, 5) is 19.2. The molecule has 1 aliphatic carbocycles. The van der Waals surface area contributed by atoms with Gasteiger partial charge in [0.05, 0.1) is 5.69 Å². The molecule has 0 spiro atoms. The summed E-state index contributed by atoms with van der Waals surface area (Å²) in [5.74, 6) is -0.160. The van der Waals surface area contributed by atoms with Crippen molar-refractivity contribution in [2.24, 2.45) is 0 Å². The lowest BCUT2D eigenvalue weighted by atomic mass is 9.96. The summed E-state index contributed by atoms with van der Waals surface area (Å²) in [6.45, 7) is 1.99. The Hall–Kier alpha value is -1.67. The molecule has 1 amide bonds. The third kappa shape index (κ3) is 3.82. The highest BCUT2D eigenvalue weighted by molar-refractivity contribution is 14.1. The minimum atomic E-state index is -0.160. The number of nitrogen functional groups attached to an aromatic ring is 1. The maximum absolute atomic E-state index is 12.9. The summed E-state index contributed by atoms with van der Waals surface area (Å²) in [5, 5.41) is 3.93. The first-order chi connectivity index (χ1) is 13.0. The van der Waals surface area contributed by atoms with Gasteiger partial charge < -0.3 is 11.1 Å². The first-order valence-corrected chi connectivity index (χ1v) is 11.2. The van der Waals surface area contributed by atoms with Gasteiger partial charge in [0, 0.05) is 20.3 Å². The number of rotatable bonds is 2. The van der Waals surface area contributed by atoms with Crippen molar-refractivity contribution in [1.29, 1.82) is 0 Å². The number of carbonyl (C=O) groups is 1. The van der Waals surface area contributed by atoms with E-state index in [1.807, 2.05) is 25.1 Å². The van der Waals surface area contributed by atoms with Crippen LogP contribution in [0.2, 0.25) is 0 Å². The molecule has 4 rings (SSSR count). The number of halogens is 1. The van der Waals surface area contributed by atoms with Crippen LogP contribution < -0.4 is 11.1 Å². The number of fused-ring (bicyclic) bond motifs is 2. The molecule has 2 heterocycles. The Bertz CT molecular complexity index is 1030. The lowest BCUT2D eigenvalue weighted by Crippen LogP contribution is -2.12. The Balaban J connectivity index is 1.69. The first kappa shape index (κ1) is 18.7. The molecule has 0 saturated heterocycles. The second kappa shape index (κ2) is 7.75. The molecule has 27 heavy (non-hydrogen) atoms. The molecule has 0 atom stereocenters. The number of nitrogens with two attached hydrogens (primary N) is 1. The van der Waals surface area contributed by atoms with Gasteiger partial charge in [-0.3, -0.25) is 4.79 Å². The summed E-state index contributed by atoms with van der Waals surface area (Å²) in [5.41, 5.74) is 11.3. The van der Waals surface area contributed by atoms with Crippen LogP contribution in [0, 0.1) is 10.5 Å². The number of nitrogens with one attached hydrogen (secondary N) is 1. The maximum Gasteiger partial charge on any atom is 0.267 e. The van der Waals surface area contributed by atoms with Crippen molar-refractivity contribution in [3.63, 3.8) is 0 Å². The number of thiophene rings is 1. The summed E-state index contributed by atoms with van der Waals surface area (Å²) >= 11 is 3.66. The van der Waals surface area contributed by atoms with Gasteiger partial charge in [-0.1, -0.05) is 12.8 Å². The molecular weight excluding hydrogens is 469 g/mol. The number of benzene rings is 1. The quantitative estimate of drug-likeness (QED) is 0.452. The second-order valence-electron chi connectivity index (χ2n) is 7.12. The summed E-state index contributed by atoms with van der Waals surface area (Å²) in [6.07, 6.45) is 7.01. The van der Waals surface area contributed by atoms with Gasteiger partial charge in [-0.2, -0.15) is 0 Å². The molecule has 0 fully saturated rings. The van der Waals surface area contributed by atoms with Gasteiger partial charge in [0.15, 0.2) is 0 Å². The van der Waals surface area contributed by atoms with E-state index < -0.39 is 0 Å². The molecule has 0 bridgehead atoms. The zero-order valence-electron chi connectivity index (χ0n) is 15.3. The average Bonchev–Trinajstić information content (AvgIpc) is 2.93. The molecule has 3 N–H and O–H groups in total. The number of aromatic nitrogens is 1. The molecule has 0 saturated carbocycles. The minimum absolute atomic E-state index is 0.160. The van der Waals surface area contributed by atoms with Crippen LogP contribution in [-0.2, 0) is 12.8 Å². The SMILES string of the molecule is Cc1cc(I)ccc1NC(=O)c1sc2nc3c(cc2c1N)CCCCCC3. The summed E-state index contributed by atoms with van der Waals surface area (Å²) in [6, 6.07) is 8.13. The fourth-order valence-electron chi connectivity index (χ4n) is 3.63. The molecule has 1 aliphatic rings. The van der Waals surface area contributed by atoms with Crippen LogP contribution in [0.25, 0.3) is 10.2 Å². The van der Waals surface area contributed by atoms with Crippen LogP contribution in [0.3, 0.4) is 0 Å². The van der Waals surface area contributed by atoms with Crippen molar-refractivity contribution >= 4 is 61.4 Å². The second-order valence-corrected chi connectivity index (χ2v) is 9.36. The van der Waals surface area contributed by atoms with Gasteiger partial charge in [0.2, 0.25) is 0 Å². The number of carbonyl (C=O) groups excluding carboxylic acids is 1. The molecule has 1 aromatic carbocycles. The lowest BCUT2D eigenvalue weighted by molar-refractivity contribution is 0.103. The number of nitrogens with zero attached hydrogens (tertiary/aromatic N) is 1. The standard InChI is InChI=1S/C21H22IN3OS/c1-12-10-14(22)8-9-16(12)24-20(26)19-18(23)15-11-13-6-4-2-3-5-7-17(13)25-21(15)27-19/h8-11H,2-7,23H2,1H3,(H,24,26). The van der Waals surface area contributed by atoms with Crippen molar-refractivity contribution in [2.75, 3.05) is 11.1 Å². The van der Waals surface area contributed by atoms with E-state index in [1.165, 1.54) is 48.3 Å². The van der Waals surface area contributed by atoms with Gasteiger partial charge in [-0.05, 0) is 90.6 Å². The predicted molar refractivity (Wildman–Crippen MR) is 122 cm³/mol. The minimum Gasteiger partial charge on any atom is -0.397 e. The number of anilines is 2. The van der Waals surface area contributed by atoms with Crippen molar-refractivity contribution < 1.29 is 4.79 Å². The molecule has 0 aliphatic heterocycles. The molecule has 140 valence electrons. The zero-order valence-corrected chi connectivity index (χ0v) is 18.2. The van der Waals surface area contributed by atoms with Crippen LogP contribution in [0.15, 0.2) is 24.3 Å². The third-order valence-electron chi connectivity index (χ3n) is 5.14. The first-order valence-electron chi connectivity index (χ1n) is 9.31. The molecule has 0 unspecified atom stereocenters. The number of amides is 1. The Kier molecular flexibility index (Phi) is 5.36. The highest BCUT2D eigenvalue weighted by atomic mass is 127. The fourth-order valence-corrected chi connectivity index (χ4v) is 5.27. The molecule has 6 heteroatoms. The van der Waals surface area contributed by atoms with E-state index in [4.69, 9.17) is 10.7 Å². The Morgan fingerprint density at radius 3 is 2.74 bits per heavy atom. The van der Waals surface area contributed by atoms with Gasteiger partial charge in [-0.15, -0.1) is 11.3 Å². The summed E-state index contributed by atoms with van der Waals surface area (Å²) < 4.78 is 1.14. The molecule has 4 nitrogen and oxygen atoms in total. The van der Waals surface area contributed by atoms with Crippen LogP contribution in [0.4, 0.5) is 11.4 Å².